The van der Waals surface area contributed by atoms with E-state index in [4.69, 9.17) is 0 Å². The van der Waals surface area contributed by atoms with Gasteiger partial charge in [-0.25, -0.2) is 0 Å². The van der Waals surface area contributed by atoms with Gasteiger partial charge >= 0.3 is 0 Å². The van der Waals surface area contributed by atoms with Gasteiger partial charge in [0.1, 0.15) is 17.8 Å². The Bertz CT molecular complexity index is 1810. The minimum atomic E-state index is -0.728. The Hall–Kier alpha value is -5.29. The third-order valence-electron chi connectivity index (χ3n) is 10.2. The van der Waals surface area contributed by atoms with E-state index in [0.29, 0.717) is 51.0 Å². The number of rotatable bonds is 14. The van der Waals surface area contributed by atoms with Crippen LogP contribution in [0.15, 0.2) is 91.1 Å². The number of nitrogens with zero attached hydrogens (tertiary/aromatic N) is 4. The largest absolute Gasteiger partial charge is 0.350 e. The Balaban J connectivity index is 1.06. The topological polar surface area (TPSA) is 129 Å². The maximum absolute atomic E-state index is 13.8. The Morgan fingerprint density at radius 2 is 1.42 bits per heavy atom. The van der Waals surface area contributed by atoms with Gasteiger partial charge in [0.25, 0.3) is 5.91 Å². The monoisotopic (exact) mass is 703 g/mol. The lowest BCUT2D eigenvalue weighted by Gasteiger charge is -2.36. The quantitative estimate of drug-likeness (QED) is 0.185. The summed E-state index contributed by atoms with van der Waals surface area (Å²) in [6.07, 6.45) is 3.66. The summed E-state index contributed by atoms with van der Waals surface area (Å²) in [5.41, 5.74) is 5.87. The Labute approximate surface area is 305 Å². The van der Waals surface area contributed by atoms with Crippen LogP contribution in [0.5, 0.6) is 0 Å². The molecule has 272 valence electrons. The molecule has 3 N–H and O–H groups in total. The van der Waals surface area contributed by atoms with Gasteiger partial charge in [-0.2, -0.15) is 5.10 Å². The predicted molar refractivity (Wildman–Crippen MR) is 199 cm³/mol. The lowest BCUT2D eigenvalue weighted by Crippen LogP contribution is -2.55. The van der Waals surface area contributed by atoms with Crippen LogP contribution in [0.2, 0.25) is 0 Å². The van der Waals surface area contributed by atoms with Crippen LogP contribution < -0.4 is 16.0 Å². The molecule has 1 aromatic heterocycles. The first-order chi connectivity index (χ1) is 25.3. The van der Waals surface area contributed by atoms with Crippen LogP contribution in [0.25, 0.3) is 0 Å². The molecule has 11 heteroatoms. The molecule has 2 atom stereocenters. The molecule has 4 amide bonds. The van der Waals surface area contributed by atoms with Gasteiger partial charge in [0, 0.05) is 64.9 Å². The molecule has 6 rings (SSSR count). The summed E-state index contributed by atoms with van der Waals surface area (Å²) in [6.45, 7) is 8.14. The molecule has 1 saturated heterocycles. The standard InChI is InChI=1S/C41H49N7O4/c1-3-37(49)44-35(41(52)47-22-20-46(21-23-47)28-31-10-6-5-7-11-31)24-29-14-16-30(17-15-29)27-42-40(51)38(34-25-32-12-8-9-13-33(32)26-34)45-39(50)36-18-19-43-48(36)4-2/h5-19,34-35,38H,3-4,20-28H2,1-2H3,(H,42,51)(H,44,49)(H,45,50). The van der Waals surface area contributed by atoms with Crippen LogP contribution in [0.3, 0.4) is 0 Å². The highest BCUT2D eigenvalue weighted by molar-refractivity contribution is 5.96. The Morgan fingerprint density at radius 1 is 0.769 bits per heavy atom. The maximum Gasteiger partial charge on any atom is 0.270 e. The molecule has 1 aliphatic heterocycles. The molecule has 2 unspecified atom stereocenters. The minimum absolute atomic E-state index is 0.0679. The first-order valence-electron chi connectivity index (χ1n) is 18.4. The smallest absolute Gasteiger partial charge is 0.270 e. The molecular weight excluding hydrogens is 654 g/mol. The van der Waals surface area contributed by atoms with E-state index in [1.54, 1.807) is 23.9 Å². The first-order valence-corrected chi connectivity index (χ1v) is 18.4. The van der Waals surface area contributed by atoms with E-state index in [1.165, 1.54) is 16.7 Å². The second-order valence-corrected chi connectivity index (χ2v) is 13.7. The molecule has 4 aromatic rings. The number of aromatic nitrogens is 2. The molecule has 0 bridgehead atoms. The normalized spacial score (nSPS) is 15.8. The van der Waals surface area contributed by atoms with E-state index in [9.17, 15) is 19.2 Å². The third kappa shape index (κ3) is 9.13. The molecule has 52 heavy (non-hydrogen) atoms. The zero-order valence-corrected chi connectivity index (χ0v) is 30.1. The molecule has 2 aliphatic rings. The van der Waals surface area contributed by atoms with Crippen LogP contribution in [0.4, 0.5) is 0 Å². The van der Waals surface area contributed by atoms with E-state index in [1.807, 2.05) is 66.4 Å². The lowest BCUT2D eigenvalue weighted by atomic mass is 9.95. The van der Waals surface area contributed by atoms with E-state index >= 15 is 0 Å². The zero-order chi connectivity index (χ0) is 36.5. The number of carbonyl (C=O) groups excluding carboxylic acids is 4. The van der Waals surface area contributed by atoms with Crippen molar-refractivity contribution in [2.75, 3.05) is 26.2 Å². The second kappa shape index (κ2) is 17.3. The molecule has 0 saturated carbocycles. The zero-order valence-electron chi connectivity index (χ0n) is 30.1. The molecular formula is C41H49N7O4. The molecule has 0 radical (unpaired) electrons. The highest BCUT2D eigenvalue weighted by Gasteiger charge is 2.35. The van der Waals surface area contributed by atoms with Gasteiger partial charge in [0.05, 0.1) is 0 Å². The number of fused-ring (bicyclic) bond motifs is 1. The highest BCUT2D eigenvalue weighted by Crippen LogP contribution is 2.29. The number of hydrogen-bond donors (Lipinski definition) is 3. The summed E-state index contributed by atoms with van der Waals surface area (Å²) in [4.78, 5) is 57.5. The first kappa shape index (κ1) is 36.5. The van der Waals surface area contributed by atoms with Crippen molar-refractivity contribution in [3.8, 4) is 0 Å². The van der Waals surface area contributed by atoms with Gasteiger partial charge in [-0.15, -0.1) is 0 Å². The number of carbonyl (C=O) groups is 4. The SMILES string of the molecule is CCC(=O)NC(Cc1ccc(CNC(=O)C(NC(=O)c2ccnn2CC)C2Cc3ccccc3C2)cc1)C(=O)N1CCN(Cc2ccccc2)CC1. The number of piperazine rings is 1. The fourth-order valence-electron chi connectivity index (χ4n) is 7.23. The molecule has 11 nitrogen and oxygen atoms in total. The summed E-state index contributed by atoms with van der Waals surface area (Å²) in [5.74, 6) is -0.878. The summed E-state index contributed by atoms with van der Waals surface area (Å²) >= 11 is 0. The van der Waals surface area contributed by atoms with E-state index < -0.39 is 12.1 Å². The summed E-state index contributed by atoms with van der Waals surface area (Å²) in [6, 6.07) is 26.5. The van der Waals surface area contributed by atoms with Crippen molar-refractivity contribution in [3.63, 3.8) is 0 Å². The van der Waals surface area contributed by atoms with Crippen LogP contribution >= 0.6 is 0 Å². The van der Waals surface area contributed by atoms with Crippen molar-refractivity contribution in [1.82, 2.24) is 35.5 Å². The fourth-order valence-corrected chi connectivity index (χ4v) is 7.23. The third-order valence-corrected chi connectivity index (χ3v) is 10.2. The van der Waals surface area contributed by atoms with Crippen molar-refractivity contribution in [1.29, 1.82) is 0 Å². The van der Waals surface area contributed by atoms with Gasteiger partial charge in [-0.05, 0) is 59.6 Å². The fraction of sp³-hybridized carbons (Fsp3) is 0.390. The second-order valence-electron chi connectivity index (χ2n) is 13.7. The highest BCUT2D eigenvalue weighted by atomic mass is 16.2. The van der Waals surface area contributed by atoms with Gasteiger partial charge in [-0.1, -0.05) is 85.8 Å². The molecule has 1 fully saturated rings. The van der Waals surface area contributed by atoms with Gasteiger partial charge in [0.15, 0.2) is 0 Å². The van der Waals surface area contributed by atoms with Crippen molar-refractivity contribution < 1.29 is 19.2 Å². The summed E-state index contributed by atoms with van der Waals surface area (Å²) in [5, 5.41) is 13.3. The average Bonchev–Trinajstić information content (AvgIpc) is 3.84. The molecule has 3 aromatic carbocycles. The Kier molecular flexibility index (Phi) is 12.1. The number of nitrogens with one attached hydrogen (secondary N) is 3. The van der Waals surface area contributed by atoms with Crippen LogP contribution in [-0.4, -0.2) is 81.5 Å². The number of amides is 4. The Morgan fingerprint density at radius 3 is 2.08 bits per heavy atom. The van der Waals surface area contributed by atoms with E-state index in [-0.39, 0.29) is 36.1 Å². The van der Waals surface area contributed by atoms with Crippen molar-refractivity contribution >= 4 is 23.6 Å². The molecule has 1 aliphatic carbocycles. The molecule has 0 spiro atoms. The predicted octanol–water partition coefficient (Wildman–Crippen LogP) is 3.51. The van der Waals surface area contributed by atoms with Crippen LogP contribution in [-0.2, 0) is 53.3 Å². The van der Waals surface area contributed by atoms with Crippen molar-refractivity contribution in [3.05, 3.63) is 125 Å². The lowest BCUT2D eigenvalue weighted by molar-refractivity contribution is -0.138. The van der Waals surface area contributed by atoms with Gasteiger partial charge < -0.3 is 20.9 Å². The van der Waals surface area contributed by atoms with Crippen LogP contribution in [0.1, 0.15) is 58.6 Å². The van der Waals surface area contributed by atoms with E-state index in [0.717, 1.165) is 30.8 Å². The maximum atomic E-state index is 13.8. The van der Waals surface area contributed by atoms with Gasteiger partial charge in [0.2, 0.25) is 17.7 Å². The number of aryl methyl sites for hydroxylation is 1. The number of benzene rings is 3. The summed E-state index contributed by atoms with van der Waals surface area (Å²) < 4.78 is 1.62. The molecule has 2 heterocycles. The van der Waals surface area contributed by atoms with Gasteiger partial charge in [-0.3, -0.25) is 28.8 Å². The van der Waals surface area contributed by atoms with E-state index in [2.05, 4.69) is 50.2 Å². The minimum Gasteiger partial charge on any atom is -0.350 e. The number of hydrogen-bond acceptors (Lipinski definition) is 6. The van der Waals surface area contributed by atoms with Crippen molar-refractivity contribution in [2.45, 2.75) is 71.2 Å². The average molecular weight is 704 g/mol. The van der Waals surface area contributed by atoms with Crippen LogP contribution in [0, 0.1) is 5.92 Å². The van der Waals surface area contributed by atoms with Crippen molar-refractivity contribution in [2.24, 2.45) is 5.92 Å². The summed E-state index contributed by atoms with van der Waals surface area (Å²) in [7, 11) is 0.